The summed E-state index contributed by atoms with van der Waals surface area (Å²) in [5.41, 5.74) is 0.0998. The highest BCUT2D eigenvalue weighted by molar-refractivity contribution is 7.14. The van der Waals surface area contributed by atoms with Gasteiger partial charge in [-0.25, -0.2) is 0 Å². The highest BCUT2D eigenvalue weighted by atomic mass is 32.1. The predicted octanol–water partition coefficient (Wildman–Crippen LogP) is 2.78. The Kier molecular flexibility index (Phi) is 3.63. The molecule has 4 nitrogen and oxygen atoms in total. The second-order valence-electron chi connectivity index (χ2n) is 5.78. The van der Waals surface area contributed by atoms with Crippen LogP contribution >= 0.6 is 11.3 Å². The summed E-state index contributed by atoms with van der Waals surface area (Å²) in [4.78, 5) is 14.2. The van der Waals surface area contributed by atoms with Crippen molar-refractivity contribution in [3.63, 3.8) is 0 Å². The number of hydrogen-bond donors (Lipinski definition) is 2. The van der Waals surface area contributed by atoms with Gasteiger partial charge in [-0.05, 0) is 56.9 Å². The number of rotatable bonds is 4. The van der Waals surface area contributed by atoms with Gasteiger partial charge in [-0.2, -0.15) is 0 Å². The number of carbonyl (C=O) groups is 1. The van der Waals surface area contributed by atoms with Crippen LogP contribution < -0.4 is 5.32 Å². The average Bonchev–Trinajstić information content (AvgIpc) is 3.10. The van der Waals surface area contributed by atoms with Crippen molar-refractivity contribution in [3.05, 3.63) is 45.0 Å². The van der Waals surface area contributed by atoms with Gasteiger partial charge in [0.05, 0.1) is 11.4 Å². The molecule has 2 aromatic heterocycles. The first-order valence-electron chi connectivity index (χ1n) is 7.15. The minimum Gasteiger partial charge on any atom is -0.463 e. The van der Waals surface area contributed by atoms with Gasteiger partial charge in [0.25, 0.3) is 5.91 Å². The predicted molar refractivity (Wildman–Crippen MR) is 81.7 cm³/mol. The number of aliphatic hydroxyl groups is 1. The zero-order valence-corrected chi connectivity index (χ0v) is 13.0. The van der Waals surface area contributed by atoms with E-state index in [1.807, 2.05) is 13.0 Å². The maximum absolute atomic E-state index is 12.2. The van der Waals surface area contributed by atoms with Crippen LogP contribution in [0.4, 0.5) is 0 Å². The lowest BCUT2D eigenvalue weighted by molar-refractivity contribution is 0.0324. The monoisotopic (exact) mass is 305 g/mol. The van der Waals surface area contributed by atoms with Gasteiger partial charge in [0.1, 0.15) is 17.1 Å². The van der Waals surface area contributed by atoms with E-state index in [-0.39, 0.29) is 12.5 Å². The molecule has 1 aliphatic carbocycles. The second-order valence-corrected chi connectivity index (χ2v) is 6.92. The molecule has 0 saturated heterocycles. The van der Waals surface area contributed by atoms with Crippen LogP contribution in [0.5, 0.6) is 0 Å². The van der Waals surface area contributed by atoms with Gasteiger partial charge in [0.2, 0.25) is 0 Å². The summed E-state index contributed by atoms with van der Waals surface area (Å²) in [6.45, 7) is 3.59. The first-order chi connectivity index (χ1) is 9.95. The lowest BCUT2D eigenvalue weighted by atomic mass is 10.0. The third kappa shape index (κ3) is 2.89. The van der Waals surface area contributed by atoms with E-state index in [2.05, 4.69) is 5.32 Å². The van der Waals surface area contributed by atoms with E-state index in [1.165, 1.54) is 16.9 Å². The van der Waals surface area contributed by atoms with Gasteiger partial charge in [-0.15, -0.1) is 11.3 Å². The first kappa shape index (κ1) is 14.4. The highest BCUT2D eigenvalue weighted by Crippen LogP contribution is 2.30. The van der Waals surface area contributed by atoms with Crippen molar-refractivity contribution in [3.8, 4) is 0 Å². The Morgan fingerprint density at radius 2 is 2.29 bits per heavy atom. The molecule has 3 rings (SSSR count). The van der Waals surface area contributed by atoms with Crippen molar-refractivity contribution in [2.45, 2.75) is 38.7 Å². The topological polar surface area (TPSA) is 62.5 Å². The minimum absolute atomic E-state index is 0.126. The van der Waals surface area contributed by atoms with Crippen molar-refractivity contribution in [2.75, 3.05) is 6.54 Å². The molecule has 0 aliphatic heterocycles. The number of furan rings is 1. The van der Waals surface area contributed by atoms with E-state index >= 15 is 0 Å². The molecule has 1 amide bonds. The number of aryl methyl sites for hydroxylation is 3. The Balaban J connectivity index is 1.65. The van der Waals surface area contributed by atoms with Crippen LogP contribution in [0.25, 0.3) is 0 Å². The Hall–Kier alpha value is -1.59. The molecule has 1 atom stereocenters. The van der Waals surface area contributed by atoms with Gasteiger partial charge >= 0.3 is 0 Å². The smallest absolute Gasteiger partial charge is 0.261 e. The van der Waals surface area contributed by atoms with Crippen LogP contribution in [0.1, 0.15) is 45.0 Å². The van der Waals surface area contributed by atoms with E-state index < -0.39 is 5.60 Å². The van der Waals surface area contributed by atoms with Crippen LogP contribution in [0.15, 0.2) is 22.6 Å². The fraction of sp³-hybridized carbons (Fsp3) is 0.438. The Morgan fingerprint density at radius 3 is 2.95 bits per heavy atom. The normalized spacial score (nSPS) is 16.5. The molecule has 0 spiro atoms. The van der Waals surface area contributed by atoms with E-state index in [1.54, 1.807) is 30.4 Å². The Morgan fingerprint density at radius 1 is 1.48 bits per heavy atom. The first-order valence-corrected chi connectivity index (χ1v) is 7.96. The van der Waals surface area contributed by atoms with Crippen molar-refractivity contribution < 1.29 is 14.3 Å². The molecule has 0 bridgehead atoms. The van der Waals surface area contributed by atoms with E-state index in [9.17, 15) is 9.90 Å². The molecule has 2 N–H and O–H groups in total. The lowest BCUT2D eigenvalue weighted by Crippen LogP contribution is -2.38. The molecular weight excluding hydrogens is 286 g/mol. The van der Waals surface area contributed by atoms with Crippen LogP contribution in [0.2, 0.25) is 0 Å². The molecule has 5 heteroatoms. The minimum atomic E-state index is -1.20. The van der Waals surface area contributed by atoms with Crippen LogP contribution in [0, 0.1) is 6.92 Å². The molecule has 2 heterocycles. The quantitative estimate of drug-likeness (QED) is 0.913. The van der Waals surface area contributed by atoms with Crippen molar-refractivity contribution in [1.82, 2.24) is 5.32 Å². The largest absolute Gasteiger partial charge is 0.463 e. The Labute approximate surface area is 127 Å². The number of amides is 1. The van der Waals surface area contributed by atoms with Crippen LogP contribution in [0.3, 0.4) is 0 Å². The molecule has 0 radical (unpaired) electrons. The number of hydrogen-bond acceptors (Lipinski definition) is 4. The van der Waals surface area contributed by atoms with Crippen molar-refractivity contribution in [2.24, 2.45) is 0 Å². The maximum atomic E-state index is 12.2. The molecule has 0 fully saturated rings. The number of fused-ring (bicyclic) bond motifs is 1. The zero-order chi connectivity index (χ0) is 15.0. The van der Waals surface area contributed by atoms with Gasteiger partial charge in [0.15, 0.2) is 0 Å². The van der Waals surface area contributed by atoms with Crippen LogP contribution in [-0.2, 0) is 18.4 Å². The third-order valence-electron chi connectivity index (χ3n) is 3.83. The lowest BCUT2D eigenvalue weighted by Gasteiger charge is -2.21. The molecule has 21 heavy (non-hydrogen) atoms. The number of nitrogens with one attached hydrogen (secondary N) is 1. The summed E-state index contributed by atoms with van der Waals surface area (Å²) in [5, 5.41) is 13.2. The summed E-state index contributed by atoms with van der Waals surface area (Å²) >= 11 is 1.56. The number of carbonyl (C=O) groups excluding carboxylic acids is 1. The second kappa shape index (κ2) is 5.31. The van der Waals surface area contributed by atoms with E-state index in [0.29, 0.717) is 5.76 Å². The van der Waals surface area contributed by atoms with Crippen molar-refractivity contribution in [1.29, 1.82) is 0 Å². The summed E-state index contributed by atoms with van der Waals surface area (Å²) in [5.74, 6) is 1.08. The fourth-order valence-corrected chi connectivity index (χ4v) is 3.76. The van der Waals surface area contributed by atoms with Gasteiger partial charge in [0, 0.05) is 4.88 Å². The molecule has 0 saturated carbocycles. The maximum Gasteiger partial charge on any atom is 0.261 e. The third-order valence-corrected chi connectivity index (χ3v) is 5.07. The fourth-order valence-electron chi connectivity index (χ4n) is 2.59. The number of thiophene rings is 1. The van der Waals surface area contributed by atoms with Gasteiger partial charge in [-0.3, -0.25) is 4.79 Å². The van der Waals surface area contributed by atoms with Gasteiger partial charge < -0.3 is 14.8 Å². The van der Waals surface area contributed by atoms with Gasteiger partial charge in [-0.1, -0.05) is 0 Å². The molecule has 1 aliphatic rings. The van der Waals surface area contributed by atoms with Crippen LogP contribution in [-0.4, -0.2) is 17.6 Å². The average molecular weight is 305 g/mol. The highest BCUT2D eigenvalue weighted by Gasteiger charge is 2.28. The zero-order valence-electron chi connectivity index (χ0n) is 12.2. The molecule has 0 aromatic carbocycles. The summed E-state index contributed by atoms with van der Waals surface area (Å²) in [7, 11) is 0. The van der Waals surface area contributed by atoms with Crippen molar-refractivity contribution >= 4 is 17.2 Å². The van der Waals surface area contributed by atoms with E-state index in [0.717, 1.165) is 23.5 Å². The summed E-state index contributed by atoms with van der Waals surface area (Å²) < 4.78 is 5.44. The Bertz CT molecular complexity index is 647. The SMILES string of the molecule is Cc1ccc([C@@](C)(O)CNC(=O)c2cc3c(s2)CCC3)o1. The standard InChI is InChI=1S/C16H19NO3S/c1-10-6-7-14(20-10)16(2,19)9-17-15(18)13-8-11-4-3-5-12(11)21-13/h6-8,19H,3-5,9H2,1-2H3,(H,17,18)/t16-/m0/s1. The molecule has 0 unspecified atom stereocenters. The van der Waals surface area contributed by atoms with E-state index in [4.69, 9.17) is 4.42 Å². The molecule has 2 aromatic rings. The summed E-state index contributed by atoms with van der Waals surface area (Å²) in [6.07, 6.45) is 3.34. The molecule has 112 valence electrons. The molecular formula is C16H19NO3S. The summed E-state index contributed by atoms with van der Waals surface area (Å²) in [6, 6.07) is 5.52.